The average molecular weight is 408 g/mol. The van der Waals surface area contributed by atoms with Gasteiger partial charge in [0.25, 0.3) is 17.4 Å². The van der Waals surface area contributed by atoms with Gasteiger partial charge in [-0.05, 0) is 24.1 Å². The zero-order valence-corrected chi connectivity index (χ0v) is 17.6. The lowest BCUT2D eigenvalue weighted by Gasteiger charge is -2.30. The van der Waals surface area contributed by atoms with Crippen LogP contribution in [0.1, 0.15) is 24.2 Å². The van der Waals surface area contributed by atoms with Gasteiger partial charge in [0.1, 0.15) is 5.52 Å². The SMILES string of the molecule is CC(C)C1Oc2c(cc(C(=O)N(C)C)cc2-c2cn(C)c(=O)c3[nH]ccc23)NC1=O. The van der Waals surface area contributed by atoms with Gasteiger partial charge in [0, 0.05) is 55.6 Å². The highest BCUT2D eigenvalue weighted by Gasteiger charge is 2.33. The highest BCUT2D eigenvalue weighted by Crippen LogP contribution is 2.43. The minimum atomic E-state index is -0.652. The molecule has 3 aromatic rings. The van der Waals surface area contributed by atoms with E-state index in [2.05, 4.69) is 10.3 Å². The predicted octanol–water partition coefficient (Wildman–Crippen LogP) is 2.59. The number of aromatic nitrogens is 2. The fourth-order valence-corrected chi connectivity index (χ4v) is 3.74. The van der Waals surface area contributed by atoms with Gasteiger partial charge in [-0.3, -0.25) is 14.4 Å². The Morgan fingerprint density at radius 2 is 1.93 bits per heavy atom. The molecule has 30 heavy (non-hydrogen) atoms. The maximum atomic E-state index is 12.7. The number of carbonyl (C=O) groups excluding carboxylic acids is 2. The van der Waals surface area contributed by atoms with Crippen molar-refractivity contribution in [3.05, 3.63) is 46.5 Å². The van der Waals surface area contributed by atoms with Crippen LogP contribution in [0.2, 0.25) is 0 Å². The van der Waals surface area contributed by atoms with Crippen LogP contribution < -0.4 is 15.6 Å². The fourth-order valence-electron chi connectivity index (χ4n) is 3.74. The van der Waals surface area contributed by atoms with Gasteiger partial charge in [0.05, 0.1) is 5.69 Å². The van der Waals surface area contributed by atoms with Crippen LogP contribution >= 0.6 is 0 Å². The van der Waals surface area contributed by atoms with Crippen molar-refractivity contribution in [1.29, 1.82) is 0 Å². The van der Waals surface area contributed by atoms with Crippen molar-refractivity contribution in [2.45, 2.75) is 20.0 Å². The van der Waals surface area contributed by atoms with Gasteiger partial charge in [-0.2, -0.15) is 0 Å². The Bertz CT molecular complexity index is 1240. The lowest BCUT2D eigenvalue weighted by molar-refractivity contribution is -0.125. The molecule has 0 saturated carbocycles. The van der Waals surface area contributed by atoms with E-state index in [1.165, 1.54) is 9.47 Å². The van der Waals surface area contributed by atoms with Gasteiger partial charge in [-0.25, -0.2) is 0 Å². The summed E-state index contributed by atoms with van der Waals surface area (Å²) in [7, 11) is 5.01. The molecule has 0 saturated heterocycles. The lowest BCUT2D eigenvalue weighted by Crippen LogP contribution is -2.41. The number of amides is 2. The van der Waals surface area contributed by atoms with Crippen molar-refractivity contribution in [2.75, 3.05) is 19.4 Å². The van der Waals surface area contributed by atoms with E-state index < -0.39 is 6.10 Å². The van der Waals surface area contributed by atoms with E-state index in [1.807, 2.05) is 19.9 Å². The van der Waals surface area contributed by atoms with Crippen molar-refractivity contribution in [3.8, 4) is 16.9 Å². The second-order valence-corrected chi connectivity index (χ2v) is 8.10. The number of aryl methyl sites for hydroxylation is 1. The van der Waals surface area contributed by atoms with Crippen molar-refractivity contribution in [2.24, 2.45) is 13.0 Å². The first-order valence-corrected chi connectivity index (χ1v) is 9.73. The number of hydrogen-bond acceptors (Lipinski definition) is 4. The highest BCUT2D eigenvalue weighted by atomic mass is 16.5. The highest BCUT2D eigenvalue weighted by molar-refractivity contribution is 6.06. The van der Waals surface area contributed by atoms with E-state index in [-0.39, 0.29) is 23.3 Å². The molecule has 1 unspecified atom stereocenters. The first-order valence-electron chi connectivity index (χ1n) is 9.73. The Morgan fingerprint density at radius 1 is 1.20 bits per heavy atom. The van der Waals surface area contributed by atoms with Crippen molar-refractivity contribution >= 4 is 28.4 Å². The van der Waals surface area contributed by atoms with Crippen LogP contribution in [-0.4, -0.2) is 46.5 Å². The Hall–Kier alpha value is -3.55. The minimum Gasteiger partial charge on any atom is -0.477 e. The molecule has 2 N–H and O–H groups in total. The van der Waals surface area contributed by atoms with E-state index in [1.54, 1.807) is 45.7 Å². The van der Waals surface area contributed by atoms with Crippen LogP contribution in [-0.2, 0) is 11.8 Å². The normalized spacial score (nSPS) is 15.7. The van der Waals surface area contributed by atoms with Crippen molar-refractivity contribution in [3.63, 3.8) is 0 Å². The molecule has 8 nitrogen and oxygen atoms in total. The molecule has 1 aromatic carbocycles. The quantitative estimate of drug-likeness (QED) is 0.696. The van der Waals surface area contributed by atoms with Gasteiger partial charge >= 0.3 is 0 Å². The van der Waals surface area contributed by atoms with Crippen LogP contribution in [0.15, 0.2) is 35.4 Å². The molecule has 0 spiro atoms. The topological polar surface area (TPSA) is 96.4 Å². The second kappa shape index (κ2) is 7.05. The molecule has 0 bridgehead atoms. The number of fused-ring (bicyclic) bond motifs is 2. The van der Waals surface area contributed by atoms with E-state index in [9.17, 15) is 14.4 Å². The minimum absolute atomic E-state index is 0.0403. The van der Waals surface area contributed by atoms with Gasteiger partial charge in [0.15, 0.2) is 11.9 Å². The monoisotopic (exact) mass is 408 g/mol. The van der Waals surface area contributed by atoms with Gasteiger partial charge in [0.2, 0.25) is 0 Å². The Kier molecular flexibility index (Phi) is 4.64. The van der Waals surface area contributed by atoms with E-state index >= 15 is 0 Å². The summed E-state index contributed by atoms with van der Waals surface area (Å²) in [6.07, 6.45) is 2.78. The smallest absolute Gasteiger partial charge is 0.274 e. The molecular weight excluding hydrogens is 384 g/mol. The number of ether oxygens (including phenoxy) is 1. The number of anilines is 1. The summed E-state index contributed by atoms with van der Waals surface area (Å²) in [5.74, 6) is 0.00538. The molecule has 1 aliphatic rings. The van der Waals surface area contributed by atoms with Crippen molar-refractivity contribution < 1.29 is 14.3 Å². The third kappa shape index (κ3) is 3.04. The Labute approximate surface area is 173 Å². The average Bonchev–Trinajstić information content (AvgIpc) is 3.18. The van der Waals surface area contributed by atoms with E-state index in [4.69, 9.17) is 4.74 Å². The predicted molar refractivity (Wildman–Crippen MR) is 115 cm³/mol. The number of rotatable bonds is 3. The number of H-pyrrole nitrogens is 1. The molecule has 0 radical (unpaired) electrons. The molecule has 4 rings (SSSR count). The summed E-state index contributed by atoms with van der Waals surface area (Å²) in [4.78, 5) is 42.2. The first kappa shape index (κ1) is 19.8. The lowest BCUT2D eigenvalue weighted by atomic mass is 9.96. The third-order valence-electron chi connectivity index (χ3n) is 5.29. The molecule has 2 amide bonds. The number of nitrogens with zero attached hydrogens (tertiary/aromatic N) is 2. The standard InChI is InChI=1S/C22H24N4O4/c1-11(2)18-20(27)24-16-9-12(21(28)25(3)4)8-14(19(16)30-18)15-10-26(5)22(29)17-13(15)6-7-23-17/h6-11,18,23H,1-5H3,(H,24,27). The van der Waals surface area contributed by atoms with Gasteiger partial charge in [-0.1, -0.05) is 13.8 Å². The van der Waals surface area contributed by atoms with E-state index in [0.29, 0.717) is 28.1 Å². The Balaban J connectivity index is 2.03. The molecule has 0 fully saturated rings. The Morgan fingerprint density at radius 3 is 2.60 bits per heavy atom. The zero-order chi connectivity index (χ0) is 21.7. The number of benzene rings is 1. The van der Waals surface area contributed by atoms with Gasteiger partial charge in [-0.15, -0.1) is 0 Å². The molecule has 1 atom stereocenters. The number of hydrogen-bond donors (Lipinski definition) is 2. The number of nitrogens with one attached hydrogen (secondary N) is 2. The maximum Gasteiger partial charge on any atom is 0.274 e. The van der Waals surface area contributed by atoms with Crippen LogP contribution in [0, 0.1) is 5.92 Å². The summed E-state index contributed by atoms with van der Waals surface area (Å²) in [6, 6.07) is 5.20. The number of aromatic amines is 1. The van der Waals surface area contributed by atoms with Crippen molar-refractivity contribution in [1.82, 2.24) is 14.5 Å². The zero-order valence-electron chi connectivity index (χ0n) is 17.6. The summed E-state index contributed by atoms with van der Waals surface area (Å²) >= 11 is 0. The number of carbonyl (C=O) groups is 2. The summed E-state index contributed by atoms with van der Waals surface area (Å²) in [6.45, 7) is 3.82. The van der Waals surface area contributed by atoms with Crippen LogP contribution in [0.3, 0.4) is 0 Å². The molecule has 3 heterocycles. The molecule has 8 heteroatoms. The molecule has 0 aliphatic carbocycles. The van der Waals surface area contributed by atoms with Crippen LogP contribution in [0.4, 0.5) is 5.69 Å². The van der Waals surface area contributed by atoms with E-state index in [0.717, 1.165) is 10.9 Å². The first-order chi connectivity index (χ1) is 14.2. The molecule has 2 aromatic heterocycles. The largest absolute Gasteiger partial charge is 0.477 e. The molecule has 1 aliphatic heterocycles. The molecule has 156 valence electrons. The number of pyridine rings is 1. The summed E-state index contributed by atoms with van der Waals surface area (Å²) < 4.78 is 7.64. The van der Waals surface area contributed by atoms with Gasteiger partial charge < -0.3 is 24.5 Å². The summed E-state index contributed by atoms with van der Waals surface area (Å²) in [5.41, 5.74) is 2.55. The maximum absolute atomic E-state index is 12.7. The summed E-state index contributed by atoms with van der Waals surface area (Å²) in [5, 5.41) is 3.61. The fraction of sp³-hybridized carbons (Fsp3) is 0.318. The second-order valence-electron chi connectivity index (χ2n) is 8.10. The third-order valence-corrected chi connectivity index (χ3v) is 5.29. The van der Waals surface area contributed by atoms with Crippen LogP contribution in [0.5, 0.6) is 5.75 Å². The van der Waals surface area contributed by atoms with Crippen LogP contribution in [0.25, 0.3) is 22.0 Å². The molecular formula is C22H24N4O4.